The summed E-state index contributed by atoms with van der Waals surface area (Å²) in [6.07, 6.45) is 9.52. The second-order valence-electron chi connectivity index (χ2n) is 8.20. The quantitative estimate of drug-likeness (QED) is 0.708. The standard InChI is InChI=1S/C19H25FO2/c1-18-7-5-12(21)9-11(18)3-4-13-14(18)6-8-19(2)15(13)10-16(20)17(19)22/h3,5,7,9,13-17,21-22H,4,6,8,10H2,1-2H3/t13-,14+,15+,16-,17-,18+,19+/m1/s1. The van der Waals surface area contributed by atoms with Crippen molar-refractivity contribution in [3.8, 4) is 0 Å². The van der Waals surface area contributed by atoms with Crippen molar-refractivity contribution >= 4 is 0 Å². The van der Waals surface area contributed by atoms with Crippen molar-refractivity contribution in [3.63, 3.8) is 0 Å². The maximum Gasteiger partial charge on any atom is 0.127 e. The number of halogens is 1. The van der Waals surface area contributed by atoms with E-state index in [0.717, 1.165) is 19.3 Å². The van der Waals surface area contributed by atoms with Gasteiger partial charge in [-0.05, 0) is 66.6 Å². The highest BCUT2D eigenvalue weighted by Crippen LogP contribution is 2.63. The van der Waals surface area contributed by atoms with Gasteiger partial charge in [-0.2, -0.15) is 0 Å². The lowest BCUT2D eigenvalue weighted by Crippen LogP contribution is -2.49. The van der Waals surface area contributed by atoms with Gasteiger partial charge >= 0.3 is 0 Å². The fourth-order valence-electron chi connectivity index (χ4n) is 5.90. The molecular formula is C19H25FO2. The van der Waals surface area contributed by atoms with Gasteiger partial charge in [-0.15, -0.1) is 0 Å². The Labute approximate surface area is 131 Å². The Morgan fingerprint density at radius 1 is 1.27 bits per heavy atom. The molecule has 0 unspecified atom stereocenters. The highest BCUT2D eigenvalue weighted by atomic mass is 19.1. The monoisotopic (exact) mass is 304 g/mol. The van der Waals surface area contributed by atoms with Gasteiger partial charge in [-0.1, -0.05) is 26.0 Å². The van der Waals surface area contributed by atoms with Crippen molar-refractivity contribution < 1.29 is 14.6 Å². The van der Waals surface area contributed by atoms with Crippen molar-refractivity contribution in [2.45, 2.75) is 51.8 Å². The number of allylic oxidation sites excluding steroid dienone is 5. The molecule has 2 nitrogen and oxygen atoms in total. The van der Waals surface area contributed by atoms with Gasteiger partial charge in [0.25, 0.3) is 0 Å². The Morgan fingerprint density at radius 2 is 2.05 bits per heavy atom. The largest absolute Gasteiger partial charge is 0.508 e. The van der Waals surface area contributed by atoms with E-state index in [0.29, 0.717) is 24.0 Å². The first kappa shape index (κ1) is 14.5. The summed E-state index contributed by atoms with van der Waals surface area (Å²) in [6, 6.07) is 0. The van der Waals surface area contributed by atoms with Crippen molar-refractivity contribution in [2.24, 2.45) is 28.6 Å². The van der Waals surface area contributed by atoms with E-state index in [1.54, 1.807) is 6.08 Å². The highest BCUT2D eigenvalue weighted by Gasteiger charge is 2.60. The molecule has 0 bridgehead atoms. The molecule has 0 radical (unpaired) electrons. The molecule has 2 fully saturated rings. The molecule has 2 saturated carbocycles. The molecule has 7 atom stereocenters. The topological polar surface area (TPSA) is 40.5 Å². The summed E-state index contributed by atoms with van der Waals surface area (Å²) in [7, 11) is 0. The zero-order valence-corrected chi connectivity index (χ0v) is 13.3. The summed E-state index contributed by atoms with van der Waals surface area (Å²) in [5.41, 5.74) is 0.877. The number of aliphatic hydroxyl groups excluding tert-OH is 2. The van der Waals surface area contributed by atoms with Crippen LogP contribution in [0, 0.1) is 28.6 Å². The Bertz CT molecular complexity index is 592. The molecule has 22 heavy (non-hydrogen) atoms. The third-order valence-electron chi connectivity index (χ3n) is 7.28. The molecule has 0 aromatic heterocycles. The Kier molecular flexibility index (Phi) is 2.95. The minimum Gasteiger partial charge on any atom is -0.508 e. The first-order valence-electron chi connectivity index (χ1n) is 8.49. The fraction of sp³-hybridized carbons (Fsp3) is 0.684. The minimum absolute atomic E-state index is 0.0597. The first-order valence-corrected chi connectivity index (χ1v) is 8.49. The second kappa shape index (κ2) is 4.47. The molecule has 0 aromatic rings. The zero-order chi connectivity index (χ0) is 15.7. The van der Waals surface area contributed by atoms with E-state index in [2.05, 4.69) is 26.0 Å². The minimum atomic E-state index is -1.07. The van der Waals surface area contributed by atoms with Crippen LogP contribution >= 0.6 is 0 Å². The lowest BCUT2D eigenvalue weighted by molar-refractivity contribution is -0.0607. The molecular weight excluding hydrogens is 279 g/mol. The lowest BCUT2D eigenvalue weighted by atomic mass is 9.49. The molecule has 0 heterocycles. The number of rotatable bonds is 0. The molecule has 120 valence electrons. The van der Waals surface area contributed by atoms with Gasteiger partial charge < -0.3 is 10.2 Å². The average Bonchev–Trinajstić information content (AvgIpc) is 2.72. The smallest absolute Gasteiger partial charge is 0.127 e. The van der Waals surface area contributed by atoms with Crippen molar-refractivity contribution in [1.29, 1.82) is 0 Å². The van der Waals surface area contributed by atoms with E-state index in [1.807, 2.05) is 6.08 Å². The maximum absolute atomic E-state index is 14.2. The first-order chi connectivity index (χ1) is 10.4. The molecule has 4 rings (SSSR count). The van der Waals surface area contributed by atoms with Crippen LogP contribution in [0.15, 0.2) is 35.6 Å². The number of fused-ring (bicyclic) bond motifs is 5. The highest BCUT2D eigenvalue weighted by molar-refractivity contribution is 5.43. The van der Waals surface area contributed by atoms with Crippen LogP contribution in [-0.2, 0) is 0 Å². The SMILES string of the molecule is C[C@]12CC[C@H]3[C@@H](CC=C4C=C(O)C=C[C@@]43C)[C@@H]1C[C@@H](F)[C@H]2O. The van der Waals surface area contributed by atoms with E-state index in [9.17, 15) is 14.6 Å². The van der Waals surface area contributed by atoms with Gasteiger partial charge in [-0.25, -0.2) is 4.39 Å². The Balaban J connectivity index is 1.73. The summed E-state index contributed by atoms with van der Waals surface area (Å²) in [5.74, 6) is 1.49. The van der Waals surface area contributed by atoms with Crippen LogP contribution < -0.4 is 0 Å². The average molecular weight is 304 g/mol. The summed E-state index contributed by atoms with van der Waals surface area (Å²) in [4.78, 5) is 0. The van der Waals surface area contributed by atoms with Gasteiger partial charge in [0.2, 0.25) is 0 Å². The molecule has 0 aliphatic heterocycles. The molecule has 0 spiro atoms. The fourth-order valence-corrected chi connectivity index (χ4v) is 5.90. The van der Waals surface area contributed by atoms with Gasteiger partial charge in [0.15, 0.2) is 0 Å². The van der Waals surface area contributed by atoms with Gasteiger partial charge in [0, 0.05) is 5.41 Å². The molecule has 0 amide bonds. The predicted molar refractivity (Wildman–Crippen MR) is 84.0 cm³/mol. The second-order valence-corrected chi connectivity index (χ2v) is 8.20. The van der Waals surface area contributed by atoms with Crippen LogP contribution in [0.5, 0.6) is 0 Å². The zero-order valence-electron chi connectivity index (χ0n) is 13.3. The molecule has 0 aromatic carbocycles. The number of alkyl halides is 1. The van der Waals surface area contributed by atoms with E-state index < -0.39 is 12.3 Å². The van der Waals surface area contributed by atoms with E-state index >= 15 is 0 Å². The van der Waals surface area contributed by atoms with E-state index in [-0.39, 0.29) is 16.7 Å². The third-order valence-corrected chi connectivity index (χ3v) is 7.28. The van der Waals surface area contributed by atoms with Crippen LogP contribution in [0.4, 0.5) is 4.39 Å². The molecule has 0 saturated heterocycles. The molecule has 3 heteroatoms. The Hall–Kier alpha value is -1.09. The summed E-state index contributed by atoms with van der Waals surface area (Å²) in [5, 5.41) is 20.1. The normalized spacial score (nSPS) is 53.2. The number of hydrogen-bond acceptors (Lipinski definition) is 2. The van der Waals surface area contributed by atoms with E-state index in [4.69, 9.17) is 0 Å². The summed E-state index contributed by atoms with van der Waals surface area (Å²) < 4.78 is 14.2. The van der Waals surface area contributed by atoms with E-state index in [1.165, 1.54) is 5.57 Å². The maximum atomic E-state index is 14.2. The van der Waals surface area contributed by atoms with Crippen molar-refractivity contribution in [3.05, 3.63) is 35.6 Å². The van der Waals surface area contributed by atoms with Gasteiger partial charge in [-0.3, -0.25) is 0 Å². The van der Waals surface area contributed by atoms with Gasteiger partial charge in [0.05, 0.1) is 6.10 Å². The molecule has 4 aliphatic carbocycles. The van der Waals surface area contributed by atoms with Crippen molar-refractivity contribution in [1.82, 2.24) is 0 Å². The van der Waals surface area contributed by atoms with Crippen molar-refractivity contribution in [2.75, 3.05) is 0 Å². The summed E-state index contributed by atoms with van der Waals surface area (Å²) >= 11 is 0. The van der Waals surface area contributed by atoms with Crippen LogP contribution in [0.25, 0.3) is 0 Å². The van der Waals surface area contributed by atoms with Gasteiger partial charge in [0.1, 0.15) is 11.9 Å². The third kappa shape index (κ3) is 1.69. The van der Waals surface area contributed by atoms with Crippen LogP contribution in [0.2, 0.25) is 0 Å². The predicted octanol–water partition coefficient (Wildman–Crippen LogP) is 4.09. The summed E-state index contributed by atoms with van der Waals surface area (Å²) in [6.45, 7) is 4.33. The van der Waals surface area contributed by atoms with Crippen LogP contribution in [0.3, 0.4) is 0 Å². The molecule has 2 N–H and O–H groups in total. The number of hydrogen-bond donors (Lipinski definition) is 2. The van der Waals surface area contributed by atoms with Crippen LogP contribution in [0.1, 0.15) is 39.5 Å². The molecule has 4 aliphatic rings. The number of aliphatic hydroxyl groups is 2. The van der Waals surface area contributed by atoms with Crippen LogP contribution in [-0.4, -0.2) is 22.5 Å². The Morgan fingerprint density at radius 3 is 2.82 bits per heavy atom. The lowest BCUT2D eigenvalue weighted by Gasteiger charge is -2.55.